The molecule has 1 aliphatic heterocycles. The van der Waals surface area contributed by atoms with E-state index in [1.54, 1.807) is 0 Å². The Morgan fingerprint density at radius 3 is 2.80 bits per heavy atom. The Balaban J connectivity index is 2.45. The van der Waals surface area contributed by atoms with Crippen LogP contribution >= 0.6 is 0 Å². The van der Waals surface area contributed by atoms with Gasteiger partial charge in [-0.2, -0.15) is 0 Å². The minimum atomic E-state index is -0.491. The maximum atomic E-state index is 11.1. The van der Waals surface area contributed by atoms with Gasteiger partial charge in [0.2, 0.25) is 0 Å². The first kappa shape index (κ1) is 8.25. The van der Waals surface area contributed by atoms with E-state index in [2.05, 4.69) is 13.8 Å². The van der Waals surface area contributed by atoms with Crippen molar-refractivity contribution < 1.29 is 4.21 Å². The molecular formula is C8H16OS. The molecule has 3 atom stereocenters. The van der Waals surface area contributed by atoms with Crippen molar-refractivity contribution in [1.82, 2.24) is 0 Å². The van der Waals surface area contributed by atoms with Gasteiger partial charge in [0.05, 0.1) is 0 Å². The molecule has 0 spiro atoms. The molecule has 0 bridgehead atoms. The van der Waals surface area contributed by atoms with Gasteiger partial charge < -0.3 is 0 Å². The highest BCUT2D eigenvalue weighted by molar-refractivity contribution is 7.85. The van der Waals surface area contributed by atoms with Gasteiger partial charge in [0.15, 0.2) is 0 Å². The van der Waals surface area contributed by atoms with Crippen molar-refractivity contribution in [2.24, 2.45) is 11.8 Å². The minimum Gasteiger partial charge on any atom is -0.260 e. The quantitative estimate of drug-likeness (QED) is 0.571. The molecule has 0 radical (unpaired) electrons. The second-order valence-corrected chi connectivity index (χ2v) is 4.87. The molecular weight excluding hydrogens is 144 g/mol. The Bertz CT molecular complexity index is 133. The van der Waals surface area contributed by atoms with E-state index in [4.69, 9.17) is 0 Å². The predicted octanol–water partition coefficient (Wildman–Crippen LogP) is 1.80. The van der Waals surface area contributed by atoms with E-state index in [1.165, 1.54) is 12.8 Å². The summed E-state index contributed by atoms with van der Waals surface area (Å²) in [6.07, 6.45) is 2.37. The normalized spacial score (nSPS) is 41.6. The molecule has 0 aromatic carbocycles. The molecule has 1 fully saturated rings. The van der Waals surface area contributed by atoms with Gasteiger partial charge in [-0.1, -0.05) is 20.3 Å². The smallest absolute Gasteiger partial charge is 0.0265 e. The Labute approximate surface area is 65.7 Å². The third kappa shape index (κ3) is 1.82. The first-order valence-electron chi connectivity index (χ1n) is 4.09. The van der Waals surface area contributed by atoms with E-state index < -0.39 is 10.8 Å². The van der Waals surface area contributed by atoms with Crippen LogP contribution in [0.3, 0.4) is 0 Å². The summed E-state index contributed by atoms with van der Waals surface area (Å²) in [4.78, 5) is 0. The number of hydrogen-bond acceptors (Lipinski definition) is 1. The van der Waals surface area contributed by atoms with Crippen LogP contribution in [0.15, 0.2) is 0 Å². The lowest BCUT2D eigenvalue weighted by Crippen LogP contribution is -2.26. The zero-order valence-electron chi connectivity index (χ0n) is 6.80. The summed E-state index contributed by atoms with van der Waals surface area (Å²) in [5, 5.41) is 0. The maximum Gasteiger partial charge on any atom is 0.0265 e. The van der Waals surface area contributed by atoms with Crippen molar-refractivity contribution in [1.29, 1.82) is 0 Å². The zero-order valence-corrected chi connectivity index (χ0v) is 7.62. The summed E-state index contributed by atoms with van der Waals surface area (Å²) >= 11 is 0. The fourth-order valence-electron chi connectivity index (χ4n) is 1.56. The lowest BCUT2D eigenvalue weighted by Gasteiger charge is -2.26. The molecule has 60 valence electrons. The molecule has 1 rings (SSSR count). The van der Waals surface area contributed by atoms with Gasteiger partial charge in [0.1, 0.15) is 0 Å². The summed E-state index contributed by atoms with van der Waals surface area (Å²) < 4.78 is 11.1. The lowest BCUT2D eigenvalue weighted by atomic mass is 9.91. The minimum absolute atomic E-state index is 0.491. The molecule has 1 aliphatic rings. The van der Waals surface area contributed by atoms with Crippen molar-refractivity contribution in [3.05, 3.63) is 0 Å². The van der Waals surface area contributed by atoms with Gasteiger partial charge in [0.25, 0.3) is 0 Å². The van der Waals surface area contributed by atoms with Crippen LogP contribution in [0.1, 0.15) is 26.7 Å². The van der Waals surface area contributed by atoms with E-state index in [1.807, 2.05) is 0 Å². The zero-order chi connectivity index (χ0) is 7.56. The van der Waals surface area contributed by atoms with Crippen molar-refractivity contribution in [2.45, 2.75) is 26.7 Å². The van der Waals surface area contributed by atoms with Gasteiger partial charge in [-0.3, -0.25) is 4.21 Å². The van der Waals surface area contributed by atoms with E-state index in [-0.39, 0.29) is 0 Å². The van der Waals surface area contributed by atoms with E-state index in [9.17, 15) is 4.21 Å². The van der Waals surface area contributed by atoms with Crippen LogP contribution in [0.5, 0.6) is 0 Å². The lowest BCUT2D eigenvalue weighted by molar-refractivity contribution is 0.360. The Morgan fingerprint density at radius 2 is 2.30 bits per heavy atom. The molecule has 1 nitrogen and oxygen atoms in total. The van der Waals surface area contributed by atoms with Crippen LogP contribution in [0.2, 0.25) is 0 Å². The first-order chi connectivity index (χ1) is 4.74. The largest absolute Gasteiger partial charge is 0.260 e. The van der Waals surface area contributed by atoms with Crippen LogP contribution in [-0.2, 0) is 10.8 Å². The standard InChI is InChI=1S/C8H16OS/c1-3-8-6-10(9)5-4-7(8)2/h7-8H,3-6H2,1-2H3. The van der Waals surface area contributed by atoms with Gasteiger partial charge in [-0.25, -0.2) is 0 Å². The number of rotatable bonds is 1. The third-order valence-corrected chi connectivity index (χ3v) is 4.02. The van der Waals surface area contributed by atoms with Crippen LogP contribution in [-0.4, -0.2) is 15.7 Å². The Kier molecular flexibility index (Phi) is 2.90. The Morgan fingerprint density at radius 1 is 1.60 bits per heavy atom. The molecule has 0 amide bonds. The molecule has 3 unspecified atom stereocenters. The van der Waals surface area contributed by atoms with Crippen molar-refractivity contribution in [3.63, 3.8) is 0 Å². The van der Waals surface area contributed by atoms with Crippen LogP contribution in [0.25, 0.3) is 0 Å². The SMILES string of the molecule is CCC1CS(=O)CCC1C. The predicted molar refractivity (Wildman–Crippen MR) is 45.4 cm³/mol. The van der Waals surface area contributed by atoms with Crippen LogP contribution in [0, 0.1) is 11.8 Å². The monoisotopic (exact) mass is 160 g/mol. The summed E-state index contributed by atoms with van der Waals surface area (Å²) in [5.41, 5.74) is 0. The van der Waals surface area contributed by atoms with E-state index in [0.717, 1.165) is 23.3 Å². The average Bonchev–Trinajstić information content (AvgIpc) is 1.94. The average molecular weight is 160 g/mol. The molecule has 0 saturated carbocycles. The first-order valence-corrected chi connectivity index (χ1v) is 5.57. The van der Waals surface area contributed by atoms with Crippen molar-refractivity contribution >= 4 is 10.8 Å². The third-order valence-electron chi connectivity index (χ3n) is 2.53. The maximum absolute atomic E-state index is 11.1. The molecule has 0 aliphatic carbocycles. The molecule has 0 aromatic heterocycles. The van der Waals surface area contributed by atoms with Gasteiger partial charge in [0, 0.05) is 22.3 Å². The summed E-state index contributed by atoms with van der Waals surface area (Å²) in [7, 11) is -0.491. The van der Waals surface area contributed by atoms with Crippen LogP contribution in [0.4, 0.5) is 0 Å². The number of hydrogen-bond donors (Lipinski definition) is 0. The van der Waals surface area contributed by atoms with Crippen molar-refractivity contribution in [2.75, 3.05) is 11.5 Å². The van der Waals surface area contributed by atoms with E-state index in [0.29, 0.717) is 0 Å². The van der Waals surface area contributed by atoms with Crippen molar-refractivity contribution in [3.8, 4) is 0 Å². The summed E-state index contributed by atoms with van der Waals surface area (Å²) in [6.45, 7) is 4.48. The summed E-state index contributed by atoms with van der Waals surface area (Å²) in [5.74, 6) is 3.44. The fraction of sp³-hybridized carbons (Fsp3) is 1.00. The summed E-state index contributed by atoms with van der Waals surface area (Å²) in [6, 6.07) is 0. The second kappa shape index (κ2) is 3.51. The molecule has 2 heteroatoms. The molecule has 0 N–H and O–H groups in total. The molecule has 1 heterocycles. The molecule has 10 heavy (non-hydrogen) atoms. The highest BCUT2D eigenvalue weighted by atomic mass is 32.2. The van der Waals surface area contributed by atoms with Gasteiger partial charge in [-0.05, 0) is 18.3 Å². The topological polar surface area (TPSA) is 17.1 Å². The second-order valence-electron chi connectivity index (χ2n) is 3.24. The molecule has 1 saturated heterocycles. The van der Waals surface area contributed by atoms with Gasteiger partial charge >= 0.3 is 0 Å². The molecule has 0 aromatic rings. The highest BCUT2D eigenvalue weighted by Crippen LogP contribution is 2.24. The van der Waals surface area contributed by atoms with Gasteiger partial charge in [-0.15, -0.1) is 0 Å². The highest BCUT2D eigenvalue weighted by Gasteiger charge is 2.23. The van der Waals surface area contributed by atoms with Crippen LogP contribution < -0.4 is 0 Å². The fourth-order valence-corrected chi connectivity index (χ4v) is 3.40. The van der Waals surface area contributed by atoms with E-state index >= 15 is 0 Å². The Hall–Kier alpha value is 0.150.